The predicted octanol–water partition coefficient (Wildman–Crippen LogP) is 2.75. The zero-order valence-corrected chi connectivity index (χ0v) is 6.55. The van der Waals surface area contributed by atoms with Crippen molar-refractivity contribution in [2.45, 2.75) is 20.8 Å². The topological polar surface area (TPSA) is 9.23 Å². The van der Waals surface area contributed by atoms with Gasteiger partial charge >= 0.3 is 0 Å². The second-order valence-corrected chi connectivity index (χ2v) is 1.33. The maximum atomic E-state index is 4.80. The molecule has 0 aromatic rings. The van der Waals surface area contributed by atoms with E-state index >= 15 is 0 Å². The van der Waals surface area contributed by atoms with E-state index in [1.807, 2.05) is 26.8 Å². The summed E-state index contributed by atoms with van der Waals surface area (Å²) in [6, 6.07) is 0. The van der Waals surface area contributed by atoms with Crippen LogP contribution < -0.4 is 0 Å². The van der Waals surface area contributed by atoms with E-state index in [1.165, 1.54) is 0 Å². The Hall–Kier alpha value is -0.720. The van der Waals surface area contributed by atoms with Crippen LogP contribution in [0.2, 0.25) is 0 Å². The summed E-state index contributed by atoms with van der Waals surface area (Å²) in [5, 5.41) is 0. The van der Waals surface area contributed by atoms with Crippen LogP contribution in [0.3, 0.4) is 0 Å². The zero-order chi connectivity index (χ0) is 7.54. The monoisotopic (exact) mass is 128 g/mol. The average Bonchev–Trinajstić information content (AvgIpc) is 1.86. The highest BCUT2D eigenvalue weighted by molar-refractivity contribution is 4.63. The second kappa shape index (κ2) is 15.7. The van der Waals surface area contributed by atoms with Crippen LogP contribution >= 0.6 is 0 Å². The minimum absolute atomic E-state index is 0.768. The Bertz CT molecular complexity index is 65.0. The average molecular weight is 128 g/mol. The number of rotatable bonds is 2. The highest BCUT2D eigenvalue weighted by Gasteiger charge is 1.59. The Morgan fingerprint density at radius 1 is 1.44 bits per heavy atom. The zero-order valence-electron chi connectivity index (χ0n) is 6.55. The Morgan fingerprint density at radius 2 is 1.89 bits per heavy atom. The Labute approximate surface area is 58.0 Å². The van der Waals surface area contributed by atoms with Gasteiger partial charge in [0.1, 0.15) is 0 Å². The highest BCUT2D eigenvalue weighted by atomic mass is 16.5. The summed E-state index contributed by atoms with van der Waals surface area (Å²) in [6.07, 6.45) is 5.30. The molecule has 0 aliphatic heterocycles. The van der Waals surface area contributed by atoms with E-state index in [9.17, 15) is 0 Å². The van der Waals surface area contributed by atoms with Crippen molar-refractivity contribution < 1.29 is 4.74 Å². The summed E-state index contributed by atoms with van der Waals surface area (Å²) in [5.41, 5.74) is 0. The van der Waals surface area contributed by atoms with E-state index in [2.05, 4.69) is 6.58 Å². The molecule has 0 aromatic carbocycles. The Morgan fingerprint density at radius 3 is 2.00 bits per heavy atom. The lowest BCUT2D eigenvalue weighted by Gasteiger charge is -1.86. The van der Waals surface area contributed by atoms with Gasteiger partial charge in [-0.1, -0.05) is 12.2 Å². The van der Waals surface area contributed by atoms with Crippen LogP contribution in [-0.2, 0) is 4.74 Å². The molecule has 0 saturated heterocycles. The second-order valence-electron chi connectivity index (χ2n) is 1.33. The van der Waals surface area contributed by atoms with Gasteiger partial charge < -0.3 is 4.74 Å². The highest BCUT2D eigenvalue weighted by Crippen LogP contribution is 1.71. The van der Waals surface area contributed by atoms with Crippen molar-refractivity contribution in [2.75, 3.05) is 6.61 Å². The molecule has 0 saturated carbocycles. The number of allylic oxidation sites excluding steroid dienone is 2. The van der Waals surface area contributed by atoms with Crippen LogP contribution in [0.25, 0.3) is 0 Å². The van der Waals surface area contributed by atoms with Gasteiger partial charge in [-0.25, -0.2) is 0 Å². The maximum absolute atomic E-state index is 4.80. The fraction of sp³-hybridized carbons (Fsp3) is 0.500. The molecule has 0 aliphatic carbocycles. The lowest BCUT2D eigenvalue weighted by atomic mass is 10.7. The molecule has 0 heterocycles. The van der Waals surface area contributed by atoms with Crippen LogP contribution in [0.1, 0.15) is 20.8 Å². The standard InChI is InChI=1S/C5H10O.C3H6/c1-3-5-6-4-2;1-3-2/h3,5H,4H2,1-2H3;3H,1H2,2H3. The minimum atomic E-state index is 0.768. The molecule has 0 rings (SSSR count). The lowest BCUT2D eigenvalue weighted by molar-refractivity contribution is 0.269. The first-order valence-corrected chi connectivity index (χ1v) is 3.13. The Balaban J connectivity index is 0. The third-order valence-electron chi connectivity index (χ3n) is 0.399. The summed E-state index contributed by atoms with van der Waals surface area (Å²) < 4.78 is 4.80. The van der Waals surface area contributed by atoms with E-state index in [0.29, 0.717) is 0 Å². The third kappa shape index (κ3) is 39.0. The van der Waals surface area contributed by atoms with Gasteiger partial charge in [0.2, 0.25) is 0 Å². The molecule has 1 nitrogen and oxygen atoms in total. The molecule has 0 amide bonds. The van der Waals surface area contributed by atoms with Gasteiger partial charge in [-0.3, -0.25) is 0 Å². The fourth-order valence-electron chi connectivity index (χ4n) is 0.192. The molecule has 0 fully saturated rings. The molecular weight excluding hydrogens is 112 g/mol. The van der Waals surface area contributed by atoms with E-state index in [1.54, 1.807) is 12.3 Å². The van der Waals surface area contributed by atoms with Gasteiger partial charge in [0, 0.05) is 0 Å². The van der Waals surface area contributed by atoms with Gasteiger partial charge in [-0.15, -0.1) is 6.58 Å². The molecule has 0 spiro atoms. The number of ether oxygens (including phenoxy) is 1. The van der Waals surface area contributed by atoms with E-state index in [0.717, 1.165) is 6.61 Å². The smallest absolute Gasteiger partial charge is 0.0845 e. The molecule has 9 heavy (non-hydrogen) atoms. The van der Waals surface area contributed by atoms with E-state index in [4.69, 9.17) is 4.74 Å². The van der Waals surface area contributed by atoms with Crippen molar-refractivity contribution in [2.24, 2.45) is 0 Å². The normalized spacial score (nSPS) is 7.89. The maximum Gasteiger partial charge on any atom is 0.0845 e. The lowest BCUT2D eigenvalue weighted by Crippen LogP contribution is -1.73. The van der Waals surface area contributed by atoms with Crippen molar-refractivity contribution >= 4 is 0 Å². The van der Waals surface area contributed by atoms with Gasteiger partial charge in [-0.05, 0) is 20.8 Å². The van der Waals surface area contributed by atoms with Crippen molar-refractivity contribution in [3.63, 3.8) is 0 Å². The van der Waals surface area contributed by atoms with Gasteiger partial charge in [0.05, 0.1) is 12.9 Å². The molecule has 0 bridgehead atoms. The van der Waals surface area contributed by atoms with Crippen molar-refractivity contribution in [3.05, 3.63) is 25.0 Å². The molecular formula is C8H16O. The van der Waals surface area contributed by atoms with Gasteiger partial charge in [0.25, 0.3) is 0 Å². The largest absolute Gasteiger partial charge is 0.502 e. The molecule has 54 valence electrons. The first-order valence-electron chi connectivity index (χ1n) is 3.13. The SMILES string of the molecule is C=CC.CC=COCC. The van der Waals surface area contributed by atoms with Crippen LogP contribution in [0.15, 0.2) is 25.0 Å². The van der Waals surface area contributed by atoms with Crippen LogP contribution in [0, 0.1) is 0 Å². The van der Waals surface area contributed by atoms with E-state index in [-0.39, 0.29) is 0 Å². The summed E-state index contributed by atoms with van der Waals surface area (Å²) in [5.74, 6) is 0. The van der Waals surface area contributed by atoms with Crippen molar-refractivity contribution in [3.8, 4) is 0 Å². The molecule has 0 atom stereocenters. The quantitative estimate of drug-likeness (QED) is 0.410. The molecule has 0 aromatic heterocycles. The summed E-state index contributed by atoms with van der Waals surface area (Å²) >= 11 is 0. The number of hydrogen-bond donors (Lipinski definition) is 0. The summed E-state index contributed by atoms with van der Waals surface area (Å²) in [6.45, 7) is 9.90. The van der Waals surface area contributed by atoms with Crippen molar-refractivity contribution in [1.29, 1.82) is 0 Å². The van der Waals surface area contributed by atoms with Crippen LogP contribution in [0.5, 0.6) is 0 Å². The minimum Gasteiger partial charge on any atom is -0.502 e. The van der Waals surface area contributed by atoms with Crippen molar-refractivity contribution in [1.82, 2.24) is 0 Å². The van der Waals surface area contributed by atoms with E-state index < -0.39 is 0 Å². The Kier molecular flexibility index (Phi) is 19.4. The van der Waals surface area contributed by atoms with Gasteiger partial charge in [0.15, 0.2) is 0 Å². The van der Waals surface area contributed by atoms with Crippen LogP contribution in [-0.4, -0.2) is 6.61 Å². The third-order valence-corrected chi connectivity index (χ3v) is 0.399. The summed E-state index contributed by atoms with van der Waals surface area (Å²) in [4.78, 5) is 0. The van der Waals surface area contributed by atoms with Crippen LogP contribution in [0.4, 0.5) is 0 Å². The fourth-order valence-corrected chi connectivity index (χ4v) is 0.192. The molecule has 0 aliphatic rings. The first kappa shape index (κ1) is 11.1. The molecule has 0 N–H and O–H groups in total. The first-order chi connectivity index (χ1) is 4.33. The number of hydrogen-bond acceptors (Lipinski definition) is 1. The predicted molar refractivity (Wildman–Crippen MR) is 42.3 cm³/mol. The molecule has 0 unspecified atom stereocenters. The molecule has 1 heteroatoms. The summed E-state index contributed by atoms with van der Waals surface area (Å²) in [7, 11) is 0. The molecule has 0 radical (unpaired) electrons. The van der Waals surface area contributed by atoms with Gasteiger partial charge in [-0.2, -0.15) is 0 Å².